The average Bonchev–Trinajstić information content (AvgIpc) is 2.67. The largest absolute Gasteiger partial charge is 0.368 e. The molecule has 0 aromatic heterocycles. The Balaban J connectivity index is 2.13. The van der Waals surface area contributed by atoms with Crippen LogP contribution < -0.4 is 11.1 Å². The Labute approximate surface area is 123 Å². The number of hydrogen-bond acceptors (Lipinski definition) is 3. The van der Waals surface area contributed by atoms with Crippen molar-refractivity contribution in [3.8, 4) is 0 Å². The van der Waals surface area contributed by atoms with E-state index in [0.717, 1.165) is 51.9 Å². The van der Waals surface area contributed by atoms with Gasteiger partial charge in [0, 0.05) is 19.6 Å². The van der Waals surface area contributed by atoms with Crippen molar-refractivity contribution in [3.05, 3.63) is 0 Å². The number of nitrogens with zero attached hydrogens (tertiary/aromatic N) is 1. The smallest absolute Gasteiger partial charge is 0.237 e. The Kier molecular flexibility index (Phi) is 5.44. The van der Waals surface area contributed by atoms with Crippen molar-refractivity contribution in [2.75, 3.05) is 26.2 Å². The molecule has 0 spiro atoms. The number of amides is 1. The minimum Gasteiger partial charge on any atom is -0.368 e. The van der Waals surface area contributed by atoms with E-state index >= 15 is 0 Å². The van der Waals surface area contributed by atoms with Gasteiger partial charge in [-0.1, -0.05) is 26.7 Å². The van der Waals surface area contributed by atoms with E-state index < -0.39 is 0 Å². The van der Waals surface area contributed by atoms with Gasteiger partial charge in [-0.25, -0.2) is 0 Å². The molecule has 2 rings (SSSR count). The summed E-state index contributed by atoms with van der Waals surface area (Å²) in [7, 11) is 0. The average molecular weight is 281 g/mol. The first kappa shape index (κ1) is 15.8. The molecule has 0 aromatic carbocycles. The van der Waals surface area contributed by atoms with Gasteiger partial charge in [0.15, 0.2) is 0 Å². The number of nitrogens with two attached hydrogens (primary N) is 1. The van der Waals surface area contributed by atoms with Crippen molar-refractivity contribution in [1.29, 1.82) is 0 Å². The summed E-state index contributed by atoms with van der Waals surface area (Å²) in [6, 6.07) is 0. The van der Waals surface area contributed by atoms with Gasteiger partial charge >= 0.3 is 0 Å². The number of nitrogens with one attached hydrogen (secondary N) is 1. The highest BCUT2D eigenvalue weighted by atomic mass is 16.1. The van der Waals surface area contributed by atoms with Crippen molar-refractivity contribution in [3.63, 3.8) is 0 Å². The van der Waals surface area contributed by atoms with E-state index in [1.54, 1.807) is 0 Å². The number of primary amides is 1. The monoisotopic (exact) mass is 281 g/mol. The maximum absolute atomic E-state index is 12.3. The van der Waals surface area contributed by atoms with Gasteiger partial charge in [0.25, 0.3) is 0 Å². The second-order valence-corrected chi connectivity index (χ2v) is 7.08. The summed E-state index contributed by atoms with van der Waals surface area (Å²) in [6.45, 7) is 8.54. The summed E-state index contributed by atoms with van der Waals surface area (Å²) in [5, 5.41) is 3.42. The van der Waals surface area contributed by atoms with E-state index in [1.807, 2.05) is 0 Å². The molecule has 2 atom stereocenters. The van der Waals surface area contributed by atoms with Gasteiger partial charge in [-0.3, -0.25) is 9.69 Å². The summed E-state index contributed by atoms with van der Waals surface area (Å²) in [5.41, 5.74) is 5.50. The molecule has 1 heterocycles. The van der Waals surface area contributed by atoms with Crippen molar-refractivity contribution in [2.45, 2.75) is 57.9 Å². The van der Waals surface area contributed by atoms with E-state index in [1.165, 1.54) is 12.8 Å². The van der Waals surface area contributed by atoms with Crippen LogP contribution in [0.3, 0.4) is 0 Å². The first-order chi connectivity index (χ1) is 9.54. The van der Waals surface area contributed by atoms with Crippen LogP contribution in [0.25, 0.3) is 0 Å². The fraction of sp³-hybridized carbons (Fsp3) is 0.938. The number of hydrogen-bond donors (Lipinski definition) is 2. The number of rotatable bonds is 4. The Morgan fingerprint density at radius 1 is 1.35 bits per heavy atom. The quantitative estimate of drug-likeness (QED) is 0.825. The molecule has 1 aliphatic carbocycles. The van der Waals surface area contributed by atoms with Gasteiger partial charge in [0.1, 0.15) is 5.54 Å². The van der Waals surface area contributed by atoms with Crippen LogP contribution in [0.5, 0.6) is 0 Å². The molecular formula is C16H31N3O. The molecule has 0 bridgehead atoms. The van der Waals surface area contributed by atoms with E-state index in [2.05, 4.69) is 24.1 Å². The van der Waals surface area contributed by atoms with Crippen molar-refractivity contribution in [1.82, 2.24) is 10.2 Å². The van der Waals surface area contributed by atoms with Crippen LogP contribution in [0.15, 0.2) is 0 Å². The first-order valence-electron chi connectivity index (χ1n) is 8.30. The molecule has 0 aromatic rings. The zero-order valence-corrected chi connectivity index (χ0v) is 13.2. The summed E-state index contributed by atoms with van der Waals surface area (Å²) < 4.78 is 0. The molecule has 1 amide bonds. The maximum Gasteiger partial charge on any atom is 0.237 e. The predicted molar refractivity (Wildman–Crippen MR) is 82.4 cm³/mol. The summed E-state index contributed by atoms with van der Waals surface area (Å²) >= 11 is 0. The summed E-state index contributed by atoms with van der Waals surface area (Å²) in [5.74, 6) is 1.27. The van der Waals surface area contributed by atoms with Crippen LogP contribution >= 0.6 is 0 Å². The zero-order chi connectivity index (χ0) is 14.6. The van der Waals surface area contributed by atoms with E-state index in [0.29, 0.717) is 11.8 Å². The Hall–Kier alpha value is -0.610. The molecule has 1 aliphatic heterocycles. The van der Waals surface area contributed by atoms with E-state index in [4.69, 9.17) is 5.73 Å². The molecule has 1 saturated carbocycles. The first-order valence-corrected chi connectivity index (χ1v) is 8.30. The Morgan fingerprint density at radius 3 is 2.85 bits per heavy atom. The van der Waals surface area contributed by atoms with Gasteiger partial charge in [0.05, 0.1) is 0 Å². The standard InChI is InChI=1S/C16H31N3O/c1-13(2)11-14-5-3-6-16(12-14,15(17)20)19-9-4-7-18-8-10-19/h13-14,18H,3-12H2,1-2H3,(H2,17,20). The lowest BCUT2D eigenvalue weighted by atomic mass is 9.71. The minimum absolute atomic E-state index is 0.0899. The second-order valence-electron chi connectivity index (χ2n) is 7.08. The van der Waals surface area contributed by atoms with Crippen LogP contribution in [0.1, 0.15) is 52.4 Å². The van der Waals surface area contributed by atoms with Crippen molar-refractivity contribution in [2.24, 2.45) is 17.6 Å². The highest BCUT2D eigenvalue weighted by Crippen LogP contribution is 2.39. The molecular weight excluding hydrogens is 250 g/mol. The predicted octanol–water partition coefficient (Wildman–Crippen LogP) is 1.74. The second kappa shape index (κ2) is 6.90. The third kappa shape index (κ3) is 3.53. The molecule has 116 valence electrons. The topological polar surface area (TPSA) is 58.4 Å². The third-order valence-corrected chi connectivity index (χ3v) is 5.04. The van der Waals surface area contributed by atoms with Crippen molar-refractivity contribution < 1.29 is 4.79 Å². The van der Waals surface area contributed by atoms with Crippen LogP contribution in [0.2, 0.25) is 0 Å². The molecule has 1 saturated heterocycles. The number of carbonyl (C=O) groups is 1. The Bertz CT molecular complexity index is 324. The van der Waals surface area contributed by atoms with Crippen LogP contribution in [0, 0.1) is 11.8 Å². The van der Waals surface area contributed by atoms with Gasteiger partial charge in [-0.05, 0) is 44.1 Å². The molecule has 2 aliphatic rings. The van der Waals surface area contributed by atoms with E-state index in [-0.39, 0.29) is 11.4 Å². The van der Waals surface area contributed by atoms with Gasteiger partial charge < -0.3 is 11.1 Å². The molecule has 20 heavy (non-hydrogen) atoms. The molecule has 0 radical (unpaired) electrons. The molecule has 4 heteroatoms. The zero-order valence-electron chi connectivity index (χ0n) is 13.2. The molecule has 2 unspecified atom stereocenters. The Morgan fingerprint density at radius 2 is 2.15 bits per heavy atom. The normalized spacial score (nSPS) is 33.0. The molecule has 2 fully saturated rings. The van der Waals surface area contributed by atoms with Gasteiger partial charge in [0.2, 0.25) is 5.91 Å². The van der Waals surface area contributed by atoms with Gasteiger partial charge in [-0.15, -0.1) is 0 Å². The lowest BCUT2D eigenvalue weighted by Crippen LogP contribution is -2.60. The van der Waals surface area contributed by atoms with Crippen LogP contribution in [0.4, 0.5) is 0 Å². The third-order valence-electron chi connectivity index (χ3n) is 5.04. The fourth-order valence-electron chi connectivity index (χ4n) is 4.17. The molecule has 3 N–H and O–H groups in total. The lowest BCUT2D eigenvalue weighted by Gasteiger charge is -2.46. The van der Waals surface area contributed by atoms with E-state index in [9.17, 15) is 4.79 Å². The number of carbonyl (C=O) groups excluding carboxylic acids is 1. The molecule has 4 nitrogen and oxygen atoms in total. The summed E-state index contributed by atoms with van der Waals surface area (Å²) in [6.07, 6.45) is 6.67. The van der Waals surface area contributed by atoms with Gasteiger partial charge in [-0.2, -0.15) is 0 Å². The van der Waals surface area contributed by atoms with Crippen LogP contribution in [-0.2, 0) is 4.79 Å². The van der Waals surface area contributed by atoms with Crippen molar-refractivity contribution >= 4 is 5.91 Å². The summed E-state index contributed by atoms with van der Waals surface area (Å²) in [4.78, 5) is 14.7. The SMILES string of the molecule is CC(C)CC1CCCC(C(N)=O)(N2CCCNCC2)C1. The lowest BCUT2D eigenvalue weighted by molar-refractivity contribution is -0.134. The maximum atomic E-state index is 12.3. The highest BCUT2D eigenvalue weighted by molar-refractivity contribution is 5.84. The van der Waals surface area contributed by atoms with Crippen LogP contribution in [-0.4, -0.2) is 42.5 Å². The fourth-order valence-corrected chi connectivity index (χ4v) is 4.17. The highest BCUT2D eigenvalue weighted by Gasteiger charge is 2.45. The minimum atomic E-state index is -0.371.